The lowest BCUT2D eigenvalue weighted by molar-refractivity contribution is -0.119. The topological polar surface area (TPSA) is 86.6 Å². The summed E-state index contributed by atoms with van der Waals surface area (Å²) in [6, 6.07) is 5.42. The number of aromatic hydroxyl groups is 1. The summed E-state index contributed by atoms with van der Waals surface area (Å²) in [6.45, 7) is 1.29. The van der Waals surface area contributed by atoms with Gasteiger partial charge in [-0.25, -0.2) is 0 Å². The molecule has 17 heavy (non-hydrogen) atoms. The molecule has 1 amide bonds. The van der Waals surface area contributed by atoms with Gasteiger partial charge in [0.25, 0.3) is 5.91 Å². The zero-order valence-corrected chi connectivity index (χ0v) is 9.10. The molecule has 5 nitrogen and oxygen atoms in total. The van der Waals surface area contributed by atoms with Gasteiger partial charge in [0.1, 0.15) is 5.75 Å². The molecule has 1 aliphatic heterocycles. The maximum absolute atomic E-state index is 11.4. The van der Waals surface area contributed by atoms with Crippen molar-refractivity contribution >= 4 is 11.7 Å². The van der Waals surface area contributed by atoms with Crippen LogP contribution in [0.1, 0.15) is 18.5 Å². The van der Waals surface area contributed by atoms with E-state index >= 15 is 0 Å². The first kappa shape index (κ1) is 11.2. The highest BCUT2D eigenvalue weighted by Crippen LogP contribution is 2.30. The molecule has 0 unspecified atom stereocenters. The van der Waals surface area contributed by atoms with E-state index in [1.165, 1.54) is 19.1 Å². The van der Waals surface area contributed by atoms with Crippen molar-refractivity contribution in [3.05, 3.63) is 41.2 Å². The molecule has 0 spiro atoms. The number of phenols is 1. The molecule has 88 valence electrons. The van der Waals surface area contributed by atoms with E-state index in [-0.39, 0.29) is 17.1 Å². The maximum atomic E-state index is 11.4. The van der Waals surface area contributed by atoms with Crippen LogP contribution in [0.4, 0.5) is 0 Å². The van der Waals surface area contributed by atoms with Gasteiger partial charge in [0.15, 0.2) is 11.5 Å². The average molecular weight is 233 g/mol. The van der Waals surface area contributed by atoms with E-state index in [2.05, 4.69) is 5.32 Å². The molecule has 1 heterocycles. The molecule has 1 aromatic carbocycles. The van der Waals surface area contributed by atoms with Crippen molar-refractivity contribution in [1.29, 1.82) is 0 Å². The van der Waals surface area contributed by atoms with E-state index in [1.807, 2.05) is 0 Å². The Bertz CT molecular complexity index is 516. The molecule has 5 heteroatoms. The summed E-state index contributed by atoms with van der Waals surface area (Å²) in [7, 11) is 0. The van der Waals surface area contributed by atoms with Crippen molar-refractivity contribution in [1.82, 2.24) is 5.32 Å². The van der Waals surface area contributed by atoms with E-state index in [0.29, 0.717) is 5.56 Å². The summed E-state index contributed by atoms with van der Waals surface area (Å²) in [4.78, 5) is 22.7. The molecule has 1 aliphatic rings. The Morgan fingerprint density at radius 3 is 2.35 bits per heavy atom. The highest BCUT2D eigenvalue weighted by atomic mass is 16.3. The number of nitrogens with one attached hydrogen (secondary N) is 1. The minimum absolute atomic E-state index is 0.0562. The Morgan fingerprint density at radius 1 is 1.24 bits per heavy atom. The summed E-state index contributed by atoms with van der Waals surface area (Å²) >= 11 is 0. The molecule has 0 bridgehead atoms. The van der Waals surface area contributed by atoms with Gasteiger partial charge in [-0.2, -0.15) is 0 Å². The Balaban J connectivity index is 2.44. The van der Waals surface area contributed by atoms with Gasteiger partial charge in [-0.1, -0.05) is 12.1 Å². The van der Waals surface area contributed by atoms with Gasteiger partial charge in [-0.3, -0.25) is 9.59 Å². The van der Waals surface area contributed by atoms with Crippen LogP contribution in [0.2, 0.25) is 0 Å². The molecule has 1 atom stereocenters. The first-order valence-electron chi connectivity index (χ1n) is 5.04. The zero-order chi connectivity index (χ0) is 12.6. The molecule has 2 rings (SSSR count). The quantitative estimate of drug-likeness (QED) is 0.710. The molecular formula is C12H11NO4. The number of Topliss-reactive ketones (excluding diaryl/α,β-unsaturated/α-hetero) is 1. The number of carbonyl (C=O) groups is 2. The van der Waals surface area contributed by atoms with Crippen LogP contribution in [0, 0.1) is 0 Å². The second-order valence-electron chi connectivity index (χ2n) is 3.82. The van der Waals surface area contributed by atoms with Crippen LogP contribution in [0.5, 0.6) is 5.75 Å². The summed E-state index contributed by atoms with van der Waals surface area (Å²) in [5.74, 6) is -1.46. The molecule has 0 aliphatic carbocycles. The third-order valence-electron chi connectivity index (χ3n) is 2.64. The minimum Gasteiger partial charge on any atom is -0.508 e. The number of phenolic OH excluding ortho intramolecular Hbond substituents is 1. The van der Waals surface area contributed by atoms with Crippen molar-refractivity contribution in [3.8, 4) is 5.75 Å². The van der Waals surface area contributed by atoms with Crippen LogP contribution in [0.25, 0.3) is 0 Å². The van der Waals surface area contributed by atoms with Crippen LogP contribution in [-0.2, 0) is 9.59 Å². The third-order valence-corrected chi connectivity index (χ3v) is 2.64. The number of aliphatic hydroxyl groups is 1. The van der Waals surface area contributed by atoms with Crippen molar-refractivity contribution in [2.75, 3.05) is 0 Å². The van der Waals surface area contributed by atoms with E-state index in [0.717, 1.165) is 0 Å². The number of hydrogen-bond donors (Lipinski definition) is 3. The molecule has 0 saturated carbocycles. The van der Waals surface area contributed by atoms with Gasteiger partial charge in [0.05, 0.1) is 11.6 Å². The van der Waals surface area contributed by atoms with Gasteiger partial charge in [-0.15, -0.1) is 0 Å². The van der Waals surface area contributed by atoms with Crippen LogP contribution >= 0.6 is 0 Å². The first-order chi connectivity index (χ1) is 8.00. The predicted octanol–water partition coefficient (Wildman–Crippen LogP) is 0.964. The number of ketones is 1. The summed E-state index contributed by atoms with van der Waals surface area (Å²) in [5, 5.41) is 21.2. The lowest BCUT2D eigenvalue weighted by Gasteiger charge is -2.13. The Kier molecular flexibility index (Phi) is 2.59. The van der Waals surface area contributed by atoms with Crippen LogP contribution in [0.3, 0.4) is 0 Å². The summed E-state index contributed by atoms with van der Waals surface area (Å²) < 4.78 is 0. The Hall–Kier alpha value is -2.30. The molecule has 0 aromatic heterocycles. The van der Waals surface area contributed by atoms with E-state index < -0.39 is 17.7 Å². The first-order valence-corrected chi connectivity index (χ1v) is 5.04. The Morgan fingerprint density at radius 2 is 1.82 bits per heavy atom. The lowest BCUT2D eigenvalue weighted by atomic mass is 9.98. The Labute approximate surface area is 97.4 Å². The minimum atomic E-state index is -0.659. The number of aliphatic hydroxyl groups excluding tert-OH is 1. The standard InChI is InChI=1S/C12H11NO4/c1-6(14)9-10(13-12(17)11(9)16)7-2-4-8(15)5-3-7/h2-5,10,15-16H,1H3,(H,13,17)/t10-/m0/s1. The van der Waals surface area contributed by atoms with Crippen molar-refractivity contribution in [2.45, 2.75) is 13.0 Å². The van der Waals surface area contributed by atoms with Gasteiger partial charge >= 0.3 is 0 Å². The van der Waals surface area contributed by atoms with E-state index in [4.69, 9.17) is 5.11 Å². The molecular weight excluding hydrogens is 222 g/mol. The highest BCUT2D eigenvalue weighted by Gasteiger charge is 2.35. The number of amides is 1. The van der Waals surface area contributed by atoms with Gasteiger partial charge < -0.3 is 15.5 Å². The van der Waals surface area contributed by atoms with Crippen LogP contribution < -0.4 is 5.32 Å². The summed E-state index contributed by atoms with van der Waals surface area (Å²) in [6.07, 6.45) is 0. The average Bonchev–Trinajstić information content (AvgIpc) is 2.56. The fourth-order valence-corrected chi connectivity index (χ4v) is 1.82. The number of benzene rings is 1. The van der Waals surface area contributed by atoms with Crippen LogP contribution in [0.15, 0.2) is 35.6 Å². The fourth-order valence-electron chi connectivity index (χ4n) is 1.82. The SMILES string of the molecule is CC(=O)C1=C(O)C(=O)N[C@H]1c1ccc(O)cc1. The highest BCUT2D eigenvalue weighted by molar-refractivity contribution is 6.08. The smallest absolute Gasteiger partial charge is 0.287 e. The molecule has 1 aromatic rings. The zero-order valence-electron chi connectivity index (χ0n) is 9.10. The second-order valence-corrected chi connectivity index (χ2v) is 3.82. The number of hydrogen-bond acceptors (Lipinski definition) is 4. The molecule has 0 saturated heterocycles. The van der Waals surface area contributed by atoms with E-state index in [9.17, 15) is 14.7 Å². The van der Waals surface area contributed by atoms with Crippen molar-refractivity contribution < 1.29 is 19.8 Å². The summed E-state index contributed by atoms with van der Waals surface area (Å²) in [5.41, 5.74) is 0.686. The molecule has 0 fully saturated rings. The third kappa shape index (κ3) is 1.87. The van der Waals surface area contributed by atoms with Gasteiger partial charge in [0, 0.05) is 0 Å². The largest absolute Gasteiger partial charge is 0.508 e. The lowest BCUT2D eigenvalue weighted by Crippen LogP contribution is -2.23. The maximum Gasteiger partial charge on any atom is 0.287 e. The monoisotopic (exact) mass is 233 g/mol. The second kappa shape index (κ2) is 3.93. The van der Waals surface area contributed by atoms with Crippen molar-refractivity contribution in [2.24, 2.45) is 0 Å². The van der Waals surface area contributed by atoms with Crippen molar-refractivity contribution in [3.63, 3.8) is 0 Å². The van der Waals surface area contributed by atoms with Crippen LogP contribution in [-0.4, -0.2) is 21.9 Å². The predicted molar refractivity (Wildman–Crippen MR) is 59.3 cm³/mol. The number of carbonyl (C=O) groups excluding carboxylic acids is 2. The van der Waals surface area contributed by atoms with Gasteiger partial charge in [-0.05, 0) is 24.6 Å². The normalized spacial score (nSPS) is 19.4. The van der Waals surface area contributed by atoms with E-state index in [1.54, 1.807) is 12.1 Å². The fraction of sp³-hybridized carbons (Fsp3) is 0.167. The van der Waals surface area contributed by atoms with Gasteiger partial charge in [0.2, 0.25) is 0 Å². The number of rotatable bonds is 2. The molecule has 3 N–H and O–H groups in total. The molecule has 0 radical (unpaired) electrons.